The maximum absolute atomic E-state index is 6.77. The first-order chi connectivity index (χ1) is 10.2. The van der Waals surface area contributed by atoms with Crippen LogP contribution >= 0.6 is 0 Å². The van der Waals surface area contributed by atoms with Crippen LogP contribution in [0.1, 0.15) is 20.8 Å². The molecule has 140 valence electrons. The summed E-state index contributed by atoms with van der Waals surface area (Å²) in [6, 6.07) is 3.35. The molecule has 0 aliphatic heterocycles. The van der Waals surface area contributed by atoms with Crippen molar-refractivity contribution < 1.29 is 16.5 Å². The van der Waals surface area contributed by atoms with Gasteiger partial charge in [0.05, 0.1) is 0 Å². The fourth-order valence-corrected chi connectivity index (χ4v) is 22.4. The van der Waals surface area contributed by atoms with Crippen molar-refractivity contribution in [2.45, 2.75) is 91.3 Å². The van der Waals surface area contributed by atoms with Gasteiger partial charge in [-0.15, -0.1) is 0 Å². The fraction of sp³-hybridized carbons (Fsp3) is 1.00. The van der Waals surface area contributed by atoms with Crippen molar-refractivity contribution in [3.8, 4) is 0 Å². The van der Waals surface area contributed by atoms with Gasteiger partial charge in [0.1, 0.15) is 0 Å². The van der Waals surface area contributed by atoms with Gasteiger partial charge in [0.25, 0.3) is 0 Å². The monoisotopic (exact) mass is 412 g/mol. The lowest BCUT2D eigenvalue weighted by Crippen LogP contribution is -2.59. The van der Waals surface area contributed by atoms with Crippen molar-refractivity contribution in [1.82, 2.24) is 0 Å². The Hall–Kier alpha value is 0.924. The summed E-state index contributed by atoms with van der Waals surface area (Å²) < 4.78 is 26.0. The average molecular weight is 413 g/mol. The first kappa shape index (κ1) is 23.9. The Morgan fingerprint density at radius 1 is 0.652 bits per heavy atom. The van der Waals surface area contributed by atoms with Crippen molar-refractivity contribution in [3.05, 3.63) is 0 Å². The number of rotatable bonds is 11. The quantitative estimate of drug-likeness (QED) is 0.440. The van der Waals surface area contributed by atoms with Gasteiger partial charge in [0.2, 0.25) is 0 Å². The average Bonchev–Trinajstić information content (AvgIpc) is 2.31. The minimum Gasteiger partial charge on any atom is -0.439 e. The molecular formula is C14H40O4Si5. The minimum atomic E-state index is -2.66. The lowest BCUT2D eigenvalue weighted by molar-refractivity contribution is 0.243. The van der Waals surface area contributed by atoms with E-state index in [2.05, 4.69) is 73.1 Å². The van der Waals surface area contributed by atoms with E-state index in [1.807, 2.05) is 0 Å². The van der Waals surface area contributed by atoms with E-state index in [1.165, 1.54) is 0 Å². The Bertz CT molecular complexity index is 344. The molecule has 0 aliphatic rings. The Labute approximate surface area is 150 Å². The van der Waals surface area contributed by atoms with E-state index in [9.17, 15) is 0 Å². The Kier molecular flexibility index (Phi) is 9.40. The molecule has 23 heavy (non-hydrogen) atoms. The Balaban J connectivity index is 5.32. The zero-order chi connectivity index (χ0) is 18.5. The predicted molar refractivity (Wildman–Crippen MR) is 113 cm³/mol. The normalized spacial score (nSPS) is 17.9. The second kappa shape index (κ2) is 9.03. The summed E-state index contributed by atoms with van der Waals surface area (Å²) in [6.45, 7) is 24.2. The van der Waals surface area contributed by atoms with E-state index in [-0.39, 0.29) is 0 Å². The second-order valence-corrected chi connectivity index (χ2v) is 27.7. The first-order valence-corrected chi connectivity index (χ1v) is 22.6. The summed E-state index contributed by atoms with van der Waals surface area (Å²) in [5.74, 6) is 0. The third-order valence-corrected chi connectivity index (χ3v) is 21.9. The predicted octanol–water partition coefficient (Wildman–Crippen LogP) is 5.15. The molecule has 4 nitrogen and oxygen atoms in total. The molecule has 0 radical (unpaired) electrons. The van der Waals surface area contributed by atoms with E-state index in [0.29, 0.717) is 0 Å². The first-order valence-electron chi connectivity index (χ1n) is 8.96. The minimum absolute atomic E-state index is 1.12. The van der Waals surface area contributed by atoms with Crippen LogP contribution in [0.25, 0.3) is 0 Å². The van der Waals surface area contributed by atoms with Crippen LogP contribution in [0.5, 0.6) is 0 Å². The molecule has 0 aromatic rings. The van der Waals surface area contributed by atoms with Gasteiger partial charge in [-0.1, -0.05) is 20.8 Å². The Morgan fingerprint density at radius 3 is 1.39 bits per heavy atom. The molecule has 0 heterocycles. The van der Waals surface area contributed by atoms with Crippen LogP contribution in [0.15, 0.2) is 0 Å². The van der Waals surface area contributed by atoms with Gasteiger partial charge in [0.15, 0.2) is 25.0 Å². The third kappa shape index (κ3) is 9.85. The maximum Gasteiger partial charge on any atom is 0.467 e. The van der Waals surface area contributed by atoms with E-state index >= 15 is 0 Å². The van der Waals surface area contributed by atoms with Gasteiger partial charge in [0, 0.05) is 6.55 Å². The summed E-state index contributed by atoms with van der Waals surface area (Å²) in [5, 5.41) is 0. The van der Waals surface area contributed by atoms with E-state index < -0.39 is 43.0 Å². The molecule has 0 aromatic carbocycles. The van der Waals surface area contributed by atoms with Crippen molar-refractivity contribution >= 4 is 43.0 Å². The molecule has 9 heteroatoms. The highest BCUT2D eigenvalue weighted by Gasteiger charge is 2.47. The van der Waals surface area contributed by atoms with Gasteiger partial charge in [-0.25, -0.2) is 0 Å². The highest BCUT2D eigenvalue weighted by Crippen LogP contribution is 2.29. The molecule has 0 bridgehead atoms. The molecule has 0 aliphatic carbocycles. The van der Waals surface area contributed by atoms with Gasteiger partial charge in [-0.05, 0) is 64.0 Å². The van der Waals surface area contributed by atoms with Crippen molar-refractivity contribution in [2.24, 2.45) is 0 Å². The van der Waals surface area contributed by atoms with E-state index in [1.54, 1.807) is 0 Å². The molecule has 0 saturated heterocycles. The molecule has 2 atom stereocenters. The molecule has 0 amide bonds. The molecule has 0 fully saturated rings. The van der Waals surface area contributed by atoms with Crippen LogP contribution < -0.4 is 0 Å². The highest BCUT2D eigenvalue weighted by molar-refractivity contribution is 6.88. The number of hydrogen-bond donors (Lipinski definition) is 0. The van der Waals surface area contributed by atoms with Gasteiger partial charge >= 0.3 is 18.1 Å². The Morgan fingerprint density at radius 2 is 1.09 bits per heavy atom. The fourth-order valence-electron chi connectivity index (χ4n) is 2.81. The van der Waals surface area contributed by atoms with E-state index in [0.717, 1.165) is 18.1 Å². The van der Waals surface area contributed by atoms with Crippen LogP contribution in [0.2, 0.25) is 70.5 Å². The standard InChI is InChI=1S/C14H40O4Si5/c1-12-23(13-2,14-3)18-22(11,17-21(8,9)10)16-19(4)15-20(5,6)7/h19H,12-14H2,1-11H3. The lowest BCUT2D eigenvalue weighted by atomic mass is 10.9. The molecular weight excluding hydrogens is 373 g/mol. The SMILES string of the molecule is CC[Si](CC)(CC)O[Si](C)(O[SiH](C)O[Si](C)(C)C)O[Si](C)(C)C. The van der Waals surface area contributed by atoms with Crippen LogP contribution in [-0.4, -0.2) is 43.0 Å². The summed E-state index contributed by atoms with van der Waals surface area (Å²) in [4.78, 5) is 0. The molecule has 2 unspecified atom stereocenters. The van der Waals surface area contributed by atoms with Crippen molar-refractivity contribution in [1.29, 1.82) is 0 Å². The molecule has 0 spiro atoms. The largest absolute Gasteiger partial charge is 0.467 e. The van der Waals surface area contributed by atoms with Gasteiger partial charge < -0.3 is 16.5 Å². The van der Waals surface area contributed by atoms with Gasteiger partial charge in [-0.2, -0.15) is 0 Å². The van der Waals surface area contributed by atoms with Crippen LogP contribution in [0.4, 0.5) is 0 Å². The van der Waals surface area contributed by atoms with Crippen LogP contribution in [-0.2, 0) is 16.5 Å². The van der Waals surface area contributed by atoms with Crippen molar-refractivity contribution in [2.75, 3.05) is 0 Å². The van der Waals surface area contributed by atoms with Gasteiger partial charge in [-0.3, -0.25) is 0 Å². The topological polar surface area (TPSA) is 36.9 Å². The van der Waals surface area contributed by atoms with Crippen molar-refractivity contribution in [3.63, 3.8) is 0 Å². The zero-order valence-electron chi connectivity index (χ0n) is 17.3. The van der Waals surface area contributed by atoms with Crippen LogP contribution in [0, 0.1) is 0 Å². The summed E-state index contributed by atoms with van der Waals surface area (Å²) in [6.07, 6.45) is 0. The molecule has 0 saturated carbocycles. The lowest BCUT2D eigenvalue weighted by Gasteiger charge is -2.42. The molecule has 0 aromatic heterocycles. The molecule has 0 N–H and O–H groups in total. The summed E-state index contributed by atoms with van der Waals surface area (Å²) in [7, 11) is -9.51. The zero-order valence-corrected chi connectivity index (χ0v) is 22.5. The summed E-state index contributed by atoms with van der Waals surface area (Å²) in [5.41, 5.74) is 0. The smallest absolute Gasteiger partial charge is 0.439 e. The highest BCUT2D eigenvalue weighted by atomic mass is 28.5. The third-order valence-electron chi connectivity index (χ3n) is 3.73. The van der Waals surface area contributed by atoms with E-state index in [4.69, 9.17) is 16.5 Å². The molecule has 0 rings (SSSR count). The second-order valence-electron chi connectivity index (χ2n) is 8.34. The van der Waals surface area contributed by atoms with Crippen LogP contribution in [0.3, 0.4) is 0 Å². The maximum atomic E-state index is 6.77. The number of hydrogen-bond acceptors (Lipinski definition) is 4. The summed E-state index contributed by atoms with van der Waals surface area (Å²) >= 11 is 0.